The molecule has 0 aliphatic carbocycles. The fourth-order valence-electron chi connectivity index (χ4n) is 14.2. The summed E-state index contributed by atoms with van der Waals surface area (Å²) in [5, 5.41) is 7.08. The van der Waals surface area contributed by atoms with Crippen LogP contribution in [0.5, 0.6) is 35.0 Å². The van der Waals surface area contributed by atoms with Crippen molar-refractivity contribution in [1.29, 1.82) is 0 Å². The quantitative estimate of drug-likeness (QED) is 0.0221. The van der Waals surface area contributed by atoms with E-state index < -0.39 is 10.8 Å². The molecule has 0 amide bonds. The van der Waals surface area contributed by atoms with E-state index in [1.54, 1.807) is 0 Å². The number of hydrogen-bond donors (Lipinski definition) is 5. The lowest BCUT2D eigenvalue weighted by Gasteiger charge is -2.35. The Bertz CT molecular complexity index is 3420. The second-order valence-electron chi connectivity index (χ2n) is 30.3. The van der Waals surface area contributed by atoms with E-state index in [2.05, 4.69) is 141 Å². The first-order valence-electron chi connectivity index (χ1n) is 42.0. The Labute approximate surface area is 662 Å². The molecule has 7 aromatic rings. The van der Waals surface area contributed by atoms with Crippen LogP contribution in [0.2, 0.25) is 5.28 Å². The molecule has 604 valence electrons. The van der Waals surface area contributed by atoms with Crippen LogP contribution in [0.4, 0.5) is 35.7 Å². The predicted octanol–water partition coefficient (Wildman–Crippen LogP) is 19.5. The molecule has 110 heavy (non-hydrogen) atoms. The smallest absolute Gasteiger partial charge is 0.323 e. The van der Waals surface area contributed by atoms with E-state index in [1.807, 2.05) is 29.2 Å². The SMILES string of the molecule is CCCCCCCCCCOc1ccc(CC(CNc2nc(N)nc(Cl)n2)(COc2nc(N)nc(NCC(COc3nc(N)nc(N4CCOCC4)n3)(Cc3ccc(OCCCCCCCCCC)cc3)Cc3ccc(OCCCCCCCCCC)cc3)n2)Cc2ccc(OCCCCCCCCCC)cc2)cc1. The number of morpholine rings is 1. The summed E-state index contributed by atoms with van der Waals surface area (Å²) in [4.78, 5) is 43.3. The number of hydrogen-bond acceptors (Lipinski definition) is 22. The molecule has 0 saturated carbocycles. The van der Waals surface area contributed by atoms with Crippen LogP contribution in [-0.4, -0.2) is 124 Å². The zero-order valence-electron chi connectivity index (χ0n) is 67.1. The Morgan fingerprint density at radius 3 is 0.964 bits per heavy atom. The summed E-state index contributed by atoms with van der Waals surface area (Å²) in [7, 11) is 0. The maximum Gasteiger partial charge on any atom is 0.323 e. The summed E-state index contributed by atoms with van der Waals surface area (Å²) in [6.45, 7) is 14.7. The third kappa shape index (κ3) is 34.6. The van der Waals surface area contributed by atoms with Crippen LogP contribution in [-0.2, 0) is 30.4 Å². The second-order valence-corrected chi connectivity index (χ2v) is 30.7. The maximum absolute atomic E-state index is 6.93. The Balaban J connectivity index is 1.08. The average molecular weight is 1540 g/mol. The minimum Gasteiger partial charge on any atom is -0.494 e. The molecule has 4 aromatic carbocycles. The Kier molecular flexibility index (Phi) is 40.8. The fraction of sp³-hybridized carbons (Fsp3) is 0.621. The van der Waals surface area contributed by atoms with E-state index in [0.717, 1.165) is 96.6 Å². The number of halogens is 1. The van der Waals surface area contributed by atoms with Gasteiger partial charge in [-0.15, -0.1) is 0 Å². The van der Waals surface area contributed by atoms with Gasteiger partial charge in [-0.05, 0) is 134 Å². The molecule has 0 spiro atoms. The molecule has 1 aliphatic rings. The van der Waals surface area contributed by atoms with Gasteiger partial charge in [0.1, 0.15) is 23.0 Å². The van der Waals surface area contributed by atoms with Gasteiger partial charge in [-0.2, -0.15) is 44.9 Å². The summed E-state index contributed by atoms with van der Waals surface area (Å²) in [5.74, 6) is 4.14. The number of rotatable bonds is 61. The minimum atomic E-state index is -0.771. The lowest BCUT2D eigenvalue weighted by Crippen LogP contribution is -2.41. The fourth-order valence-corrected chi connectivity index (χ4v) is 14.4. The van der Waals surface area contributed by atoms with Gasteiger partial charge in [0.25, 0.3) is 0 Å². The van der Waals surface area contributed by atoms with Gasteiger partial charge in [0.2, 0.25) is 41.0 Å². The highest BCUT2D eigenvalue weighted by Gasteiger charge is 2.36. The van der Waals surface area contributed by atoms with Crippen LogP contribution in [0.15, 0.2) is 97.1 Å². The number of nitrogen functional groups attached to an aromatic ring is 3. The van der Waals surface area contributed by atoms with Crippen molar-refractivity contribution in [2.45, 2.75) is 259 Å². The summed E-state index contributed by atoms with van der Waals surface area (Å²) >= 11 is 6.43. The Morgan fingerprint density at radius 1 is 0.345 bits per heavy atom. The second kappa shape index (κ2) is 51.3. The van der Waals surface area contributed by atoms with Crippen LogP contribution in [0, 0.1) is 10.8 Å². The third-order valence-electron chi connectivity index (χ3n) is 20.5. The van der Waals surface area contributed by atoms with Crippen LogP contribution < -0.4 is 61.2 Å². The zero-order chi connectivity index (χ0) is 77.4. The number of unbranched alkanes of at least 4 members (excludes halogenated alkanes) is 28. The number of nitrogens with zero attached hydrogens (tertiary/aromatic N) is 10. The Hall–Kier alpha value is -8.24. The van der Waals surface area contributed by atoms with Crippen LogP contribution in [0.3, 0.4) is 0 Å². The van der Waals surface area contributed by atoms with Crippen molar-refractivity contribution in [2.75, 3.05) is 112 Å². The van der Waals surface area contributed by atoms with Crippen molar-refractivity contribution in [1.82, 2.24) is 44.9 Å². The van der Waals surface area contributed by atoms with Gasteiger partial charge < -0.3 is 65.9 Å². The standard InChI is InChI=1S/C87H132ClN15O7/c1-5-9-13-17-21-25-29-33-55-105-73-45-37-69(38-46-73)61-86(65-92-81-95-77(88)94-78(89)96-81,62-70-39-47-74(48-40-70)106-56-34-30-26-22-18-14-10-6-2)67-109-84-99-79(90)97-82(101-84)93-66-87(68-110-85-100-80(91)98-83(102-85)103-53-59-104-60-54-103,63-71-41-49-75(50-42-71)107-57-35-31-27-23-19-15-11-7-3)64-72-43-51-76(52-44-72)108-58-36-32-28-24-20-16-12-8-4/h37-52H,5-36,53-68H2,1-4H3,(H2,91,98,100,102)(H3,89,92,94,95,96)(H3,90,93,97,99,101). The summed E-state index contributed by atoms with van der Waals surface area (Å²) in [5.41, 5.74) is 22.0. The summed E-state index contributed by atoms with van der Waals surface area (Å²) in [6, 6.07) is 33.6. The van der Waals surface area contributed by atoms with Crippen molar-refractivity contribution in [3.63, 3.8) is 0 Å². The minimum absolute atomic E-state index is 0.0109. The normalized spacial score (nSPS) is 12.5. The van der Waals surface area contributed by atoms with Crippen molar-refractivity contribution in [2.24, 2.45) is 10.8 Å². The molecule has 1 aliphatic heterocycles. The van der Waals surface area contributed by atoms with Gasteiger partial charge in [0.05, 0.1) is 52.9 Å². The molecular weight excluding hydrogens is 1400 g/mol. The summed E-state index contributed by atoms with van der Waals surface area (Å²) < 4.78 is 44.8. The molecule has 0 atom stereocenters. The summed E-state index contributed by atoms with van der Waals surface area (Å²) in [6.07, 6.45) is 41.4. The molecular formula is C87H132ClN15O7. The first-order chi connectivity index (χ1) is 53.9. The molecule has 0 unspecified atom stereocenters. The zero-order valence-corrected chi connectivity index (χ0v) is 67.9. The first kappa shape index (κ1) is 87.3. The Morgan fingerprint density at radius 2 is 0.636 bits per heavy atom. The largest absolute Gasteiger partial charge is 0.494 e. The molecule has 1 saturated heterocycles. The molecule has 8 N–H and O–H groups in total. The van der Waals surface area contributed by atoms with E-state index in [1.165, 1.54) is 154 Å². The van der Waals surface area contributed by atoms with Gasteiger partial charge in [-0.25, -0.2) is 0 Å². The molecule has 8 rings (SSSR count). The van der Waals surface area contributed by atoms with Crippen molar-refractivity contribution < 1.29 is 33.2 Å². The first-order valence-corrected chi connectivity index (χ1v) is 42.4. The van der Waals surface area contributed by atoms with Crippen molar-refractivity contribution >= 4 is 47.3 Å². The van der Waals surface area contributed by atoms with Crippen LogP contribution in [0.1, 0.15) is 255 Å². The third-order valence-corrected chi connectivity index (χ3v) is 20.7. The lowest BCUT2D eigenvalue weighted by molar-refractivity contribution is 0.121. The predicted molar refractivity (Wildman–Crippen MR) is 447 cm³/mol. The highest BCUT2D eigenvalue weighted by molar-refractivity contribution is 6.28. The van der Waals surface area contributed by atoms with Crippen molar-refractivity contribution in [3.05, 3.63) is 125 Å². The molecule has 3 aromatic heterocycles. The average Bonchev–Trinajstić information content (AvgIpc) is 0.811. The molecule has 1 fully saturated rings. The molecule has 0 bridgehead atoms. The maximum atomic E-state index is 6.93. The number of aromatic nitrogens is 9. The van der Waals surface area contributed by atoms with Gasteiger partial charge in [-0.3, -0.25) is 0 Å². The number of nitrogens with one attached hydrogen (secondary N) is 2. The lowest BCUT2D eigenvalue weighted by atomic mass is 9.77. The van der Waals surface area contributed by atoms with Gasteiger partial charge in [-0.1, -0.05) is 256 Å². The van der Waals surface area contributed by atoms with E-state index in [0.29, 0.717) is 84.4 Å². The molecule has 0 radical (unpaired) electrons. The number of nitrogens with two attached hydrogens (primary N) is 3. The van der Waals surface area contributed by atoms with E-state index in [-0.39, 0.29) is 73.3 Å². The molecule has 4 heterocycles. The van der Waals surface area contributed by atoms with Gasteiger partial charge >= 0.3 is 12.0 Å². The highest BCUT2D eigenvalue weighted by Crippen LogP contribution is 2.35. The van der Waals surface area contributed by atoms with Gasteiger partial charge in [0.15, 0.2) is 0 Å². The van der Waals surface area contributed by atoms with E-state index in [9.17, 15) is 0 Å². The van der Waals surface area contributed by atoms with Crippen molar-refractivity contribution in [3.8, 4) is 35.0 Å². The van der Waals surface area contributed by atoms with Crippen LogP contribution >= 0.6 is 11.6 Å². The molecule has 23 heteroatoms. The number of benzene rings is 4. The van der Waals surface area contributed by atoms with Crippen LogP contribution in [0.25, 0.3) is 0 Å². The molecule has 22 nitrogen and oxygen atoms in total. The topological polar surface area (TPSA) is 286 Å². The number of anilines is 6. The van der Waals surface area contributed by atoms with E-state index >= 15 is 0 Å². The monoisotopic (exact) mass is 1530 g/mol. The van der Waals surface area contributed by atoms with Gasteiger partial charge in [0, 0.05) is 37.0 Å². The number of ether oxygens (including phenoxy) is 7. The highest BCUT2D eigenvalue weighted by atomic mass is 35.5. The van der Waals surface area contributed by atoms with E-state index in [4.69, 9.17) is 76.9 Å².